The Bertz CT molecular complexity index is 763. The Balaban J connectivity index is 2.36. The van der Waals surface area contributed by atoms with E-state index in [0.717, 1.165) is 0 Å². The molecule has 1 aromatic heterocycles. The molecule has 1 heterocycles. The second-order valence-electron chi connectivity index (χ2n) is 5.63. The average Bonchev–Trinajstić information content (AvgIpc) is 2.59. The van der Waals surface area contributed by atoms with Crippen molar-refractivity contribution in [1.29, 1.82) is 0 Å². The van der Waals surface area contributed by atoms with Crippen molar-refractivity contribution in [3.8, 4) is 17.0 Å². The molecule has 2 rings (SSSR count). The van der Waals surface area contributed by atoms with E-state index in [-0.39, 0.29) is 18.1 Å². The first-order valence-corrected chi connectivity index (χ1v) is 8.07. The molecule has 26 heavy (non-hydrogen) atoms. The van der Waals surface area contributed by atoms with Gasteiger partial charge < -0.3 is 9.47 Å². The third kappa shape index (κ3) is 5.71. The fourth-order valence-electron chi connectivity index (χ4n) is 2.17. The lowest BCUT2D eigenvalue weighted by atomic mass is 10.0. The SMILES string of the molecule is CO[C@H](C)C(=O)Cc1cnc(OCC(F)(F)F)c(-c2ccc(Cl)cc2)c1. The molecule has 0 N–H and O–H groups in total. The van der Waals surface area contributed by atoms with Crippen LogP contribution in [0, 0.1) is 0 Å². The molecule has 0 aliphatic heterocycles. The molecule has 0 aliphatic carbocycles. The number of alkyl halides is 3. The molecular weight excluding hydrogens is 371 g/mol. The Labute approximate surface area is 153 Å². The van der Waals surface area contributed by atoms with Gasteiger partial charge in [-0.3, -0.25) is 4.79 Å². The third-order valence-electron chi connectivity index (χ3n) is 3.62. The fraction of sp³-hybridized carbons (Fsp3) is 0.333. The van der Waals surface area contributed by atoms with Gasteiger partial charge in [-0.25, -0.2) is 4.98 Å². The van der Waals surface area contributed by atoms with E-state index in [0.29, 0.717) is 21.7 Å². The molecule has 0 saturated heterocycles. The number of ketones is 1. The summed E-state index contributed by atoms with van der Waals surface area (Å²) >= 11 is 5.86. The summed E-state index contributed by atoms with van der Waals surface area (Å²) in [7, 11) is 1.42. The number of methoxy groups -OCH3 is 1. The van der Waals surface area contributed by atoms with Crippen molar-refractivity contribution < 1.29 is 27.4 Å². The van der Waals surface area contributed by atoms with Gasteiger partial charge in [-0.15, -0.1) is 0 Å². The number of benzene rings is 1. The number of carbonyl (C=O) groups excluding carboxylic acids is 1. The lowest BCUT2D eigenvalue weighted by Crippen LogP contribution is -2.21. The average molecular weight is 388 g/mol. The largest absolute Gasteiger partial charge is 0.468 e. The Kier molecular flexibility index (Phi) is 6.61. The summed E-state index contributed by atoms with van der Waals surface area (Å²) < 4.78 is 47.2. The van der Waals surface area contributed by atoms with Crippen LogP contribution in [0.1, 0.15) is 12.5 Å². The first-order chi connectivity index (χ1) is 12.2. The minimum atomic E-state index is -4.48. The monoisotopic (exact) mass is 387 g/mol. The second-order valence-corrected chi connectivity index (χ2v) is 6.06. The summed E-state index contributed by atoms with van der Waals surface area (Å²) in [6.45, 7) is 0.163. The van der Waals surface area contributed by atoms with Gasteiger partial charge >= 0.3 is 6.18 Å². The van der Waals surface area contributed by atoms with Gasteiger partial charge in [0.05, 0.1) is 0 Å². The quantitative estimate of drug-likeness (QED) is 0.702. The molecule has 0 amide bonds. The van der Waals surface area contributed by atoms with Crippen LogP contribution in [0.15, 0.2) is 36.5 Å². The molecule has 0 saturated carbocycles. The molecule has 140 valence electrons. The highest BCUT2D eigenvalue weighted by molar-refractivity contribution is 6.30. The number of nitrogens with zero attached hydrogens (tertiary/aromatic N) is 1. The molecule has 4 nitrogen and oxygen atoms in total. The molecule has 0 aliphatic rings. The highest BCUT2D eigenvalue weighted by atomic mass is 35.5. The zero-order chi connectivity index (χ0) is 19.3. The number of hydrogen-bond acceptors (Lipinski definition) is 4. The molecule has 1 aromatic carbocycles. The Morgan fingerprint density at radius 2 is 1.92 bits per heavy atom. The summed E-state index contributed by atoms with van der Waals surface area (Å²) in [5, 5.41) is 0.486. The van der Waals surface area contributed by atoms with E-state index in [9.17, 15) is 18.0 Å². The Hall–Kier alpha value is -2.12. The summed E-state index contributed by atoms with van der Waals surface area (Å²) in [5.74, 6) is -0.332. The predicted octanol–water partition coefficient (Wildman–Crippen LogP) is 4.49. The van der Waals surface area contributed by atoms with Gasteiger partial charge in [0, 0.05) is 30.3 Å². The highest BCUT2D eigenvalue weighted by Crippen LogP contribution is 2.31. The summed E-state index contributed by atoms with van der Waals surface area (Å²) in [4.78, 5) is 16.0. The van der Waals surface area contributed by atoms with Crippen LogP contribution in [0.5, 0.6) is 5.88 Å². The van der Waals surface area contributed by atoms with Gasteiger partial charge in [-0.2, -0.15) is 13.2 Å². The van der Waals surface area contributed by atoms with E-state index < -0.39 is 18.9 Å². The summed E-state index contributed by atoms with van der Waals surface area (Å²) in [6.07, 6.45) is -3.70. The van der Waals surface area contributed by atoms with Crippen molar-refractivity contribution in [2.75, 3.05) is 13.7 Å². The molecule has 0 unspecified atom stereocenters. The van der Waals surface area contributed by atoms with E-state index in [1.54, 1.807) is 37.3 Å². The number of pyridine rings is 1. The Morgan fingerprint density at radius 3 is 2.50 bits per heavy atom. The van der Waals surface area contributed by atoms with E-state index in [2.05, 4.69) is 4.98 Å². The first-order valence-electron chi connectivity index (χ1n) is 7.69. The molecule has 2 aromatic rings. The van der Waals surface area contributed by atoms with Crippen LogP contribution in [-0.2, 0) is 16.0 Å². The van der Waals surface area contributed by atoms with Crippen LogP contribution in [0.4, 0.5) is 13.2 Å². The van der Waals surface area contributed by atoms with Gasteiger partial charge in [0.15, 0.2) is 12.4 Å². The van der Waals surface area contributed by atoms with Crippen LogP contribution >= 0.6 is 11.6 Å². The molecule has 0 fully saturated rings. The summed E-state index contributed by atoms with van der Waals surface area (Å²) in [5.41, 5.74) is 1.47. The molecule has 0 bridgehead atoms. The summed E-state index contributed by atoms with van der Waals surface area (Å²) in [6, 6.07) is 8.08. The van der Waals surface area contributed by atoms with Crippen molar-refractivity contribution >= 4 is 17.4 Å². The maximum atomic E-state index is 12.5. The number of Topliss-reactive ketones (excluding diaryl/α,β-unsaturated/α-hetero) is 1. The lowest BCUT2D eigenvalue weighted by molar-refractivity contribution is -0.154. The first kappa shape index (κ1) is 20.2. The smallest absolute Gasteiger partial charge is 0.422 e. The molecule has 0 radical (unpaired) electrons. The normalized spacial score (nSPS) is 12.7. The number of hydrogen-bond donors (Lipinski definition) is 0. The maximum absolute atomic E-state index is 12.5. The molecular formula is C18H17ClF3NO3. The molecule has 0 spiro atoms. The van der Waals surface area contributed by atoms with E-state index in [1.807, 2.05) is 0 Å². The number of carbonyl (C=O) groups is 1. The lowest BCUT2D eigenvalue weighted by Gasteiger charge is -2.14. The van der Waals surface area contributed by atoms with Crippen LogP contribution in [-0.4, -0.2) is 36.8 Å². The zero-order valence-electron chi connectivity index (χ0n) is 14.1. The fourth-order valence-corrected chi connectivity index (χ4v) is 2.30. The third-order valence-corrected chi connectivity index (χ3v) is 3.87. The van der Waals surface area contributed by atoms with E-state index >= 15 is 0 Å². The van der Waals surface area contributed by atoms with Crippen LogP contribution in [0.2, 0.25) is 5.02 Å². The van der Waals surface area contributed by atoms with Crippen molar-refractivity contribution in [3.05, 3.63) is 47.1 Å². The molecule has 8 heteroatoms. The van der Waals surface area contributed by atoms with Crippen molar-refractivity contribution in [3.63, 3.8) is 0 Å². The highest BCUT2D eigenvalue weighted by Gasteiger charge is 2.29. The standard InChI is InChI=1S/C18H17ClF3NO3/c1-11(25-2)16(24)8-12-7-15(13-3-5-14(19)6-4-13)17(23-9-12)26-10-18(20,21)22/h3-7,9,11H,8,10H2,1-2H3/t11-/m1/s1. The number of aromatic nitrogens is 1. The number of rotatable bonds is 7. The van der Waals surface area contributed by atoms with Crippen LogP contribution in [0.3, 0.4) is 0 Å². The zero-order valence-corrected chi connectivity index (χ0v) is 14.9. The number of ether oxygens (including phenoxy) is 2. The van der Waals surface area contributed by atoms with Crippen molar-refractivity contribution in [2.45, 2.75) is 25.6 Å². The molecule has 1 atom stereocenters. The van der Waals surface area contributed by atoms with Crippen molar-refractivity contribution in [2.24, 2.45) is 0 Å². The minimum Gasteiger partial charge on any atom is -0.468 e. The van der Waals surface area contributed by atoms with Gasteiger partial charge in [0.1, 0.15) is 6.10 Å². The topological polar surface area (TPSA) is 48.4 Å². The van der Waals surface area contributed by atoms with Gasteiger partial charge in [0.25, 0.3) is 0 Å². The van der Waals surface area contributed by atoms with Crippen molar-refractivity contribution in [1.82, 2.24) is 4.98 Å². The van der Waals surface area contributed by atoms with Crippen LogP contribution in [0.25, 0.3) is 11.1 Å². The minimum absolute atomic E-state index is 0.0438. The maximum Gasteiger partial charge on any atom is 0.422 e. The van der Waals surface area contributed by atoms with Gasteiger partial charge in [-0.1, -0.05) is 23.7 Å². The second kappa shape index (κ2) is 8.51. The van der Waals surface area contributed by atoms with E-state index in [4.69, 9.17) is 21.1 Å². The predicted molar refractivity (Wildman–Crippen MR) is 91.4 cm³/mol. The van der Waals surface area contributed by atoms with Gasteiger partial charge in [-0.05, 0) is 36.2 Å². The number of halogens is 4. The van der Waals surface area contributed by atoms with E-state index in [1.165, 1.54) is 13.3 Å². The van der Waals surface area contributed by atoms with Crippen LogP contribution < -0.4 is 4.74 Å². The Morgan fingerprint density at radius 1 is 1.27 bits per heavy atom. The van der Waals surface area contributed by atoms with Gasteiger partial charge in [0.2, 0.25) is 5.88 Å².